The molecule has 0 bridgehead atoms. The predicted octanol–water partition coefficient (Wildman–Crippen LogP) is 7.21. The highest BCUT2D eigenvalue weighted by atomic mass is 79.9. The fourth-order valence-corrected chi connectivity index (χ4v) is 4.05. The number of rotatable bonds is 9. The van der Waals surface area contributed by atoms with Crippen molar-refractivity contribution >= 4 is 62.5 Å². The third kappa shape index (κ3) is 10.2. The minimum absolute atomic E-state index is 0. The molecule has 0 atom stereocenters. The van der Waals surface area contributed by atoms with Crippen molar-refractivity contribution < 1.29 is 14.1 Å². The van der Waals surface area contributed by atoms with Crippen LogP contribution in [0.5, 0.6) is 0 Å². The molecule has 0 aromatic heterocycles. The van der Waals surface area contributed by atoms with Gasteiger partial charge in [0.2, 0.25) is 0 Å². The molecule has 1 N–H and O–H groups in total. The number of halogens is 3. The normalized spacial score (nSPS) is 9.95. The van der Waals surface area contributed by atoms with Crippen molar-refractivity contribution in [1.29, 1.82) is 0 Å². The molecule has 0 fully saturated rings. The Morgan fingerprint density at radius 3 is 1.45 bits per heavy atom. The van der Waals surface area contributed by atoms with E-state index in [9.17, 15) is 9.59 Å². The summed E-state index contributed by atoms with van der Waals surface area (Å²) in [6.07, 6.45) is 0.818. The second kappa shape index (κ2) is 16.9. The van der Waals surface area contributed by atoms with Crippen LogP contribution in [-0.4, -0.2) is 36.7 Å². The number of hydrogen-bond donors (Lipinski definition) is 1. The summed E-state index contributed by atoms with van der Waals surface area (Å²) in [5, 5.41) is 3.19. The molecule has 208 valence electrons. The molecular weight excluding hydrogens is 696 g/mol. The van der Waals surface area contributed by atoms with E-state index in [1.165, 1.54) is 0 Å². The summed E-state index contributed by atoms with van der Waals surface area (Å²) in [7, 11) is 4.11. The van der Waals surface area contributed by atoms with Crippen LogP contribution in [0.2, 0.25) is 0 Å². The van der Waals surface area contributed by atoms with Crippen LogP contribution in [-0.2, 0) is 13.0 Å². The number of hydrogen-bond acceptors (Lipinski definition) is 3. The molecule has 0 aliphatic heterocycles. The molecule has 4 nitrogen and oxygen atoms in total. The molecule has 0 spiro atoms. The van der Waals surface area contributed by atoms with Gasteiger partial charge in [-0.25, -0.2) is 4.48 Å². The Hall–Kier alpha value is -3.02. The highest BCUT2D eigenvalue weighted by molar-refractivity contribution is 8.93. The quantitative estimate of drug-likeness (QED) is 0.0652. The maximum atomic E-state index is 12.6. The monoisotopic (exact) mass is 727 g/mol. The molecule has 0 saturated carbocycles. The fourth-order valence-electron chi connectivity index (χ4n) is 4.05. The Morgan fingerprint density at radius 1 is 0.600 bits per heavy atom. The maximum Gasteiger partial charge on any atom is 0.193 e. The first-order chi connectivity index (χ1) is 17.9. The second-order valence-corrected chi connectivity index (χ2v) is 9.54. The molecule has 0 aliphatic rings. The summed E-state index contributed by atoms with van der Waals surface area (Å²) < 4.78 is 0.495. The molecule has 40 heavy (non-hydrogen) atoms. The largest absolute Gasteiger partial charge is 0.341 e. The summed E-state index contributed by atoms with van der Waals surface area (Å²) in [4.78, 5) is 25.1. The van der Waals surface area contributed by atoms with Crippen LogP contribution in [0.25, 0.3) is 0 Å². The Balaban J connectivity index is 0.00000267. The van der Waals surface area contributed by atoms with Crippen LogP contribution in [0, 0.1) is 12.1 Å². The van der Waals surface area contributed by atoms with Gasteiger partial charge in [0.15, 0.2) is 17.6 Å². The number of ketones is 2. The van der Waals surface area contributed by atoms with Gasteiger partial charge in [0.1, 0.15) is 6.54 Å². The van der Waals surface area contributed by atoms with Gasteiger partial charge in [0.05, 0.1) is 20.1 Å². The minimum Gasteiger partial charge on any atom is -0.341 e. The molecule has 0 radical (unpaired) electrons. The first-order valence-electron chi connectivity index (χ1n) is 12.4. The third-order valence-electron chi connectivity index (χ3n) is 6.07. The van der Waals surface area contributed by atoms with Crippen molar-refractivity contribution in [2.45, 2.75) is 13.0 Å². The van der Waals surface area contributed by atoms with E-state index < -0.39 is 0 Å². The van der Waals surface area contributed by atoms with E-state index in [1.54, 1.807) is 0 Å². The van der Waals surface area contributed by atoms with Crippen molar-refractivity contribution in [3.63, 3.8) is 0 Å². The van der Waals surface area contributed by atoms with Crippen molar-refractivity contribution in [1.82, 2.24) is 5.32 Å². The van der Waals surface area contributed by atoms with E-state index in [0.717, 1.165) is 30.6 Å². The molecule has 7 heteroatoms. The summed E-state index contributed by atoms with van der Waals surface area (Å²) in [6.45, 7) is 1.45. The number of nitrogens with one attached hydrogen (secondary N) is 1. The molecular formula is C33H34Br3N2O2+. The van der Waals surface area contributed by atoms with Crippen LogP contribution in [0.15, 0.2) is 109 Å². The van der Waals surface area contributed by atoms with Gasteiger partial charge in [0.25, 0.3) is 0 Å². The Labute approximate surface area is 268 Å². The molecule has 4 aromatic rings. The zero-order valence-electron chi connectivity index (χ0n) is 22.5. The van der Waals surface area contributed by atoms with E-state index in [4.69, 9.17) is 0 Å². The van der Waals surface area contributed by atoms with Crippen molar-refractivity contribution in [2.75, 3.05) is 20.6 Å². The number of nitrogens with zero attached hydrogens (tertiary/aromatic N) is 1. The van der Waals surface area contributed by atoms with Crippen molar-refractivity contribution in [3.05, 3.63) is 143 Å². The Kier molecular flexibility index (Phi) is 14.8. The van der Waals surface area contributed by atoms with Gasteiger partial charge in [-0.05, 0) is 12.0 Å². The van der Waals surface area contributed by atoms with Crippen LogP contribution in [0.1, 0.15) is 43.0 Å². The number of carbonyl (C=O) groups is 2. The average Bonchev–Trinajstić information content (AvgIpc) is 2.93. The lowest BCUT2D eigenvalue weighted by Gasteiger charge is -2.21. The molecule has 0 unspecified atom stereocenters. The maximum absolute atomic E-state index is 12.6. The zero-order chi connectivity index (χ0) is 26.1. The van der Waals surface area contributed by atoms with Gasteiger partial charge in [-0.15, -0.1) is 50.9 Å². The SMILES string of the molecule is Br.Br.Br.C[N+](C)(C#CNCCc1ccc(C(=O)c2ccccc2)cc1)Cc1ccc(C(=O)c2ccccc2)cc1. The number of benzene rings is 4. The molecule has 0 heterocycles. The predicted molar refractivity (Wildman–Crippen MR) is 179 cm³/mol. The lowest BCUT2D eigenvalue weighted by molar-refractivity contribution is -0.836. The van der Waals surface area contributed by atoms with Crippen LogP contribution in [0.3, 0.4) is 0 Å². The summed E-state index contributed by atoms with van der Waals surface area (Å²) in [5.74, 6) is 0.0656. The van der Waals surface area contributed by atoms with Gasteiger partial charge in [-0.1, -0.05) is 109 Å². The van der Waals surface area contributed by atoms with Crippen molar-refractivity contribution in [2.24, 2.45) is 0 Å². The average molecular weight is 730 g/mol. The second-order valence-electron chi connectivity index (χ2n) is 9.54. The van der Waals surface area contributed by atoms with Crippen LogP contribution < -0.4 is 5.32 Å². The van der Waals surface area contributed by atoms with E-state index >= 15 is 0 Å². The Morgan fingerprint density at radius 2 is 1.00 bits per heavy atom. The van der Waals surface area contributed by atoms with E-state index in [1.807, 2.05) is 109 Å². The first-order valence-corrected chi connectivity index (χ1v) is 12.4. The lowest BCUT2D eigenvalue weighted by atomic mass is 10.0. The summed E-state index contributed by atoms with van der Waals surface area (Å²) >= 11 is 0. The molecule has 0 aliphatic carbocycles. The molecule has 0 amide bonds. The lowest BCUT2D eigenvalue weighted by Crippen LogP contribution is -2.33. The summed E-state index contributed by atoms with van der Waals surface area (Å²) in [5.41, 5.74) is 5.04. The number of carbonyl (C=O) groups excluding carboxylic acids is 2. The standard InChI is InChI=1S/C33H31N2O2.3BrH/c1-35(2,25-27-15-19-31(20-16-27)33(37)29-11-7-4-8-12-29)24-23-34-22-21-26-13-17-30(18-14-26)32(36)28-9-5-3-6-10-28;;;/h3-20,34H,21-22,25H2,1-2H3;3*1H/q+1;;;. The van der Waals surface area contributed by atoms with Gasteiger partial charge in [0, 0.05) is 34.4 Å². The van der Waals surface area contributed by atoms with Gasteiger partial charge in [-0.2, -0.15) is 0 Å². The topological polar surface area (TPSA) is 46.2 Å². The highest BCUT2D eigenvalue weighted by Crippen LogP contribution is 2.14. The summed E-state index contributed by atoms with van der Waals surface area (Å²) in [6, 6.07) is 40.5. The van der Waals surface area contributed by atoms with E-state index in [-0.39, 0.29) is 62.5 Å². The highest BCUT2D eigenvalue weighted by Gasteiger charge is 2.15. The van der Waals surface area contributed by atoms with Crippen LogP contribution in [0.4, 0.5) is 0 Å². The first kappa shape index (κ1) is 35.0. The Bertz CT molecular complexity index is 1410. The van der Waals surface area contributed by atoms with E-state index in [2.05, 4.69) is 31.5 Å². The van der Waals surface area contributed by atoms with Crippen LogP contribution >= 0.6 is 50.9 Å². The minimum atomic E-state index is 0. The van der Waals surface area contributed by atoms with Gasteiger partial charge in [-0.3, -0.25) is 9.59 Å². The fraction of sp³-hybridized carbons (Fsp3) is 0.152. The smallest absolute Gasteiger partial charge is 0.193 e. The number of quaternary nitrogens is 1. The molecule has 0 saturated heterocycles. The third-order valence-corrected chi connectivity index (χ3v) is 6.07. The molecule has 4 aromatic carbocycles. The van der Waals surface area contributed by atoms with Crippen molar-refractivity contribution in [3.8, 4) is 12.1 Å². The van der Waals surface area contributed by atoms with E-state index in [0.29, 0.717) is 26.7 Å². The van der Waals surface area contributed by atoms with Gasteiger partial charge < -0.3 is 5.32 Å². The van der Waals surface area contributed by atoms with Gasteiger partial charge >= 0.3 is 0 Å². The zero-order valence-corrected chi connectivity index (χ0v) is 27.6. The molecule has 4 rings (SSSR count).